The van der Waals surface area contributed by atoms with Crippen LogP contribution in [-0.4, -0.2) is 17.2 Å². The van der Waals surface area contributed by atoms with Crippen molar-refractivity contribution in [3.05, 3.63) is 84.2 Å². The Bertz CT molecular complexity index is 1020. The largest absolute Gasteiger partial charge is 0.496 e. The van der Waals surface area contributed by atoms with Gasteiger partial charge >= 0.3 is 0 Å². The highest BCUT2D eigenvalue weighted by Crippen LogP contribution is 2.37. The number of ether oxygens (including phenoxy) is 1. The zero-order valence-electron chi connectivity index (χ0n) is 13.3. The highest BCUT2D eigenvalue weighted by molar-refractivity contribution is 5.90. The van der Waals surface area contributed by atoms with E-state index in [9.17, 15) is 5.11 Å². The summed E-state index contributed by atoms with van der Waals surface area (Å²) in [5, 5.41) is 15.2. The zero-order valence-corrected chi connectivity index (χ0v) is 13.3. The Balaban J connectivity index is 1.99. The van der Waals surface area contributed by atoms with E-state index in [0.29, 0.717) is 11.4 Å². The first kappa shape index (κ1) is 14.7. The summed E-state index contributed by atoms with van der Waals surface area (Å²) in [4.78, 5) is 4.46. The molecule has 118 valence electrons. The first-order chi connectivity index (χ1) is 11.8. The summed E-state index contributed by atoms with van der Waals surface area (Å²) in [6.45, 7) is 0. The van der Waals surface area contributed by atoms with Gasteiger partial charge in [0, 0.05) is 17.1 Å². The van der Waals surface area contributed by atoms with E-state index in [1.165, 1.54) is 0 Å². The molecule has 3 aromatic carbocycles. The van der Waals surface area contributed by atoms with Gasteiger partial charge in [-0.05, 0) is 28.3 Å². The second kappa shape index (κ2) is 5.95. The van der Waals surface area contributed by atoms with Crippen molar-refractivity contribution in [1.82, 2.24) is 4.98 Å². The number of aliphatic hydroxyl groups excluding tert-OH is 1. The lowest BCUT2D eigenvalue weighted by atomic mass is 9.95. The third-order valence-electron chi connectivity index (χ3n) is 4.39. The molecule has 0 radical (unpaired) electrons. The Kier molecular flexibility index (Phi) is 3.63. The van der Waals surface area contributed by atoms with E-state index in [4.69, 9.17) is 4.74 Å². The smallest absolute Gasteiger partial charge is 0.126 e. The fourth-order valence-electron chi connectivity index (χ4n) is 3.23. The lowest BCUT2D eigenvalue weighted by Crippen LogP contribution is -2.06. The highest BCUT2D eigenvalue weighted by atomic mass is 16.5. The lowest BCUT2D eigenvalue weighted by Gasteiger charge is -2.18. The van der Waals surface area contributed by atoms with E-state index >= 15 is 0 Å². The van der Waals surface area contributed by atoms with E-state index in [0.717, 1.165) is 27.1 Å². The molecule has 0 fully saturated rings. The summed E-state index contributed by atoms with van der Waals surface area (Å²) < 4.78 is 5.52. The van der Waals surface area contributed by atoms with Crippen molar-refractivity contribution in [2.24, 2.45) is 0 Å². The molecule has 0 saturated heterocycles. The molecule has 0 saturated carbocycles. The molecule has 1 aromatic heterocycles. The summed E-state index contributed by atoms with van der Waals surface area (Å²) in [5.74, 6) is 0.663. The number of methoxy groups -OCH3 is 1. The van der Waals surface area contributed by atoms with Gasteiger partial charge in [0.25, 0.3) is 0 Å². The average molecular weight is 315 g/mol. The number of rotatable bonds is 3. The molecule has 24 heavy (non-hydrogen) atoms. The summed E-state index contributed by atoms with van der Waals surface area (Å²) >= 11 is 0. The second-order valence-electron chi connectivity index (χ2n) is 5.72. The van der Waals surface area contributed by atoms with Crippen molar-refractivity contribution in [3.8, 4) is 5.75 Å². The molecular formula is C21H17NO2. The maximum Gasteiger partial charge on any atom is 0.126 e. The molecule has 0 aliphatic heterocycles. The maximum atomic E-state index is 11.2. The first-order valence-electron chi connectivity index (χ1n) is 7.87. The van der Waals surface area contributed by atoms with E-state index in [1.807, 2.05) is 66.7 Å². The average Bonchev–Trinajstić information content (AvgIpc) is 2.66. The summed E-state index contributed by atoms with van der Waals surface area (Å²) in [7, 11) is 1.62. The molecule has 0 bridgehead atoms. The van der Waals surface area contributed by atoms with E-state index in [-0.39, 0.29) is 0 Å². The molecule has 4 rings (SSSR count). The van der Waals surface area contributed by atoms with Crippen LogP contribution < -0.4 is 4.74 Å². The van der Waals surface area contributed by atoms with Crippen LogP contribution in [0, 0.1) is 0 Å². The molecular weight excluding hydrogens is 298 g/mol. The number of hydrogen-bond donors (Lipinski definition) is 1. The quantitative estimate of drug-likeness (QED) is 0.606. The van der Waals surface area contributed by atoms with Gasteiger partial charge in [-0.1, -0.05) is 54.6 Å². The van der Waals surface area contributed by atoms with Crippen molar-refractivity contribution >= 4 is 21.5 Å². The number of fused-ring (bicyclic) bond motifs is 2. The van der Waals surface area contributed by atoms with Crippen LogP contribution in [-0.2, 0) is 0 Å². The Hall–Kier alpha value is -2.91. The standard InChI is InChI=1S/C21H17NO2/c1-24-18-11-10-14-6-2-4-8-16(14)19(18)21(23)20-17-9-5-3-7-15(17)12-13-22-20/h2-13,21,23H,1H3. The maximum absolute atomic E-state index is 11.2. The van der Waals surface area contributed by atoms with Crippen LogP contribution in [0.2, 0.25) is 0 Å². The van der Waals surface area contributed by atoms with Gasteiger partial charge in [-0.25, -0.2) is 0 Å². The molecule has 0 aliphatic rings. The van der Waals surface area contributed by atoms with E-state index in [1.54, 1.807) is 13.3 Å². The van der Waals surface area contributed by atoms with Gasteiger partial charge in [-0.3, -0.25) is 4.98 Å². The molecule has 1 unspecified atom stereocenters. The predicted molar refractivity (Wildman–Crippen MR) is 96.3 cm³/mol. The van der Waals surface area contributed by atoms with Crippen LogP contribution in [0.15, 0.2) is 72.9 Å². The van der Waals surface area contributed by atoms with Crippen LogP contribution in [0.5, 0.6) is 5.75 Å². The minimum absolute atomic E-state index is 0.641. The van der Waals surface area contributed by atoms with Gasteiger partial charge in [-0.15, -0.1) is 0 Å². The molecule has 0 amide bonds. The third-order valence-corrected chi connectivity index (χ3v) is 4.39. The number of hydrogen-bond acceptors (Lipinski definition) is 3. The minimum atomic E-state index is -0.864. The molecule has 3 heteroatoms. The molecule has 1 heterocycles. The first-order valence-corrected chi connectivity index (χ1v) is 7.87. The summed E-state index contributed by atoms with van der Waals surface area (Å²) in [6, 6.07) is 21.8. The van der Waals surface area contributed by atoms with Gasteiger partial charge in [0.15, 0.2) is 0 Å². The molecule has 0 aliphatic carbocycles. The number of nitrogens with zero attached hydrogens (tertiary/aromatic N) is 1. The lowest BCUT2D eigenvalue weighted by molar-refractivity contribution is 0.213. The molecule has 1 atom stereocenters. The van der Waals surface area contributed by atoms with Crippen LogP contribution >= 0.6 is 0 Å². The third kappa shape index (κ3) is 2.30. The molecule has 0 spiro atoms. The normalized spacial score (nSPS) is 12.4. The SMILES string of the molecule is COc1ccc2ccccc2c1C(O)c1nccc2ccccc12. The molecule has 3 nitrogen and oxygen atoms in total. The minimum Gasteiger partial charge on any atom is -0.496 e. The van der Waals surface area contributed by atoms with Crippen molar-refractivity contribution in [1.29, 1.82) is 0 Å². The Morgan fingerprint density at radius 3 is 2.25 bits per heavy atom. The fourth-order valence-corrected chi connectivity index (χ4v) is 3.23. The number of aromatic nitrogens is 1. The topological polar surface area (TPSA) is 42.4 Å². The fraction of sp³-hybridized carbons (Fsp3) is 0.0952. The van der Waals surface area contributed by atoms with Crippen LogP contribution in [0.1, 0.15) is 17.4 Å². The summed E-state index contributed by atoms with van der Waals surface area (Å²) in [5.41, 5.74) is 1.39. The number of benzene rings is 3. The predicted octanol–water partition coefficient (Wildman–Crippen LogP) is 4.48. The van der Waals surface area contributed by atoms with Crippen molar-refractivity contribution in [3.63, 3.8) is 0 Å². The number of pyridine rings is 1. The van der Waals surface area contributed by atoms with Gasteiger partial charge in [0.1, 0.15) is 11.9 Å². The summed E-state index contributed by atoms with van der Waals surface area (Å²) in [6.07, 6.45) is 0.871. The van der Waals surface area contributed by atoms with E-state index in [2.05, 4.69) is 4.98 Å². The van der Waals surface area contributed by atoms with Crippen LogP contribution in [0.25, 0.3) is 21.5 Å². The van der Waals surface area contributed by atoms with Crippen LogP contribution in [0.4, 0.5) is 0 Å². The Morgan fingerprint density at radius 2 is 1.50 bits per heavy atom. The van der Waals surface area contributed by atoms with E-state index < -0.39 is 6.10 Å². The Labute approximate surface area is 140 Å². The zero-order chi connectivity index (χ0) is 16.5. The molecule has 4 aromatic rings. The van der Waals surface area contributed by atoms with Gasteiger partial charge in [-0.2, -0.15) is 0 Å². The van der Waals surface area contributed by atoms with Crippen molar-refractivity contribution in [2.45, 2.75) is 6.10 Å². The van der Waals surface area contributed by atoms with Crippen molar-refractivity contribution in [2.75, 3.05) is 7.11 Å². The van der Waals surface area contributed by atoms with Gasteiger partial charge < -0.3 is 9.84 Å². The highest BCUT2D eigenvalue weighted by Gasteiger charge is 2.21. The van der Waals surface area contributed by atoms with Gasteiger partial charge in [0.05, 0.1) is 12.8 Å². The van der Waals surface area contributed by atoms with Crippen LogP contribution in [0.3, 0.4) is 0 Å². The molecule has 1 N–H and O–H groups in total. The Morgan fingerprint density at radius 1 is 0.833 bits per heavy atom. The number of aliphatic hydroxyl groups is 1. The van der Waals surface area contributed by atoms with Gasteiger partial charge in [0.2, 0.25) is 0 Å². The van der Waals surface area contributed by atoms with Crippen molar-refractivity contribution < 1.29 is 9.84 Å². The second-order valence-corrected chi connectivity index (χ2v) is 5.72. The monoisotopic (exact) mass is 315 g/mol.